The lowest BCUT2D eigenvalue weighted by Gasteiger charge is -2.10. The molecule has 1 aromatic heterocycles. The van der Waals surface area contributed by atoms with Gasteiger partial charge in [0.2, 0.25) is 5.91 Å². The van der Waals surface area contributed by atoms with Crippen LogP contribution in [0.15, 0.2) is 41.4 Å². The van der Waals surface area contributed by atoms with Crippen LogP contribution >= 0.6 is 11.8 Å². The first kappa shape index (κ1) is 18.7. The molecule has 1 aliphatic rings. The summed E-state index contributed by atoms with van der Waals surface area (Å²) in [5, 5.41) is 12.1. The van der Waals surface area contributed by atoms with Gasteiger partial charge in [-0.2, -0.15) is 0 Å². The number of nitrogens with one attached hydrogen (secondary N) is 1. The molecule has 1 saturated heterocycles. The van der Waals surface area contributed by atoms with Crippen LogP contribution in [0.3, 0.4) is 0 Å². The quantitative estimate of drug-likeness (QED) is 0.717. The Hall–Kier alpha value is -2.12. The van der Waals surface area contributed by atoms with E-state index >= 15 is 0 Å². The zero-order valence-electron chi connectivity index (χ0n) is 14.8. The minimum atomic E-state index is -0.0112. The van der Waals surface area contributed by atoms with Gasteiger partial charge in [0.25, 0.3) is 0 Å². The van der Waals surface area contributed by atoms with E-state index in [1.165, 1.54) is 11.8 Å². The van der Waals surface area contributed by atoms with Gasteiger partial charge in [-0.05, 0) is 56.2 Å². The first-order valence-electron chi connectivity index (χ1n) is 8.82. The molecule has 1 N–H and O–H groups in total. The molecule has 1 fully saturated rings. The molecule has 0 radical (unpaired) electrons. The standard InChI is InChI=1S/C19H23N3O3S/c1-2-24-15-7-5-14(6-8-15)17-9-10-19(22-21-17)26-13-18(23)20-12-16-4-3-11-25-16/h5-10,16H,2-4,11-13H2,1H3,(H,20,23)/t16-/m1/s1. The molecule has 0 spiro atoms. The van der Waals surface area contributed by atoms with E-state index in [9.17, 15) is 4.79 Å². The minimum absolute atomic E-state index is 0.0112. The summed E-state index contributed by atoms with van der Waals surface area (Å²) in [6.07, 6.45) is 2.26. The van der Waals surface area contributed by atoms with Crippen LogP contribution in [0, 0.1) is 0 Å². The van der Waals surface area contributed by atoms with Crippen molar-refractivity contribution in [2.24, 2.45) is 0 Å². The smallest absolute Gasteiger partial charge is 0.230 e. The Morgan fingerprint density at radius 3 is 2.77 bits per heavy atom. The fraction of sp³-hybridized carbons (Fsp3) is 0.421. The van der Waals surface area contributed by atoms with E-state index in [2.05, 4.69) is 15.5 Å². The molecule has 7 heteroatoms. The number of thioether (sulfide) groups is 1. The van der Waals surface area contributed by atoms with Crippen molar-refractivity contribution in [1.82, 2.24) is 15.5 Å². The molecule has 6 nitrogen and oxygen atoms in total. The summed E-state index contributed by atoms with van der Waals surface area (Å²) in [7, 11) is 0. The average Bonchev–Trinajstić information content (AvgIpc) is 3.20. The topological polar surface area (TPSA) is 73.3 Å². The Kier molecular flexibility index (Phi) is 6.85. The molecular weight excluding hydrogens is 350 g/mol. The first-order chi connectivity index (χ1) is 12.7. The molecule has 26 heavy (non-hydrogen) atoms. The molecule has 3 rings (SSSR count). The lowest BCUT2D eigenvalue weighted by Crippen LogP contribution is -2.32. The SMILES string of the molecule is CCOc1ccc(-c2ccc(SCC(=O)NC[C@H]3CCCO3)nn2)cc1. The lowest BCUT2D eigenvalue weighted by molar-refractivity contribution is -0.119. The van der Waals surface area contributed by atoms with Gasteiger partial charge < -0.3 is 14.8 Å². The van der Waals surface area contributed by atoms with Crippen molar-refractivity contribution in [2.45, 2.75) is 30.9 Å². The predicted molar refractivity (Wildman–Crippen MR) is 101 cm³/mol. The van der Waals surface area contributed by atoms with Crippen LogP contribution in [0.5, 0.6) is 5.75 Å². The van der Waals surface area contributed by atoms with Crippen molar-refractivity contribution < 1.29 is 14.3 Å². The van der Waals surface area contributed by atoms with Crippen molar-refractivity contribution >= 4 is 17.7 Å². The fourth-order valence-electron chi connectivity index (χ4n) is 2.66. The van der Waals surface area contributed by atoms with Crippen LogP contribution in [0.25, 0.3) is 11.3 Å². The van der Waals surface area contributed by atoms with Crippen LogP contribution in [0.2, 0.25) is 0 Å². The average molecular weight is 373 g/mol. The van der Waals surface area contributed by atoms with E-state index < -0.39 is 0 Å². The Balaban J connectivity index is 1.47. The third kappa shape index (κ3) is 5.44. The molecule has 2 heterocycles. The van der Waals surface area contributed by atoms with Gasteiger partial charge in [-0.3, -0.25) is 4.79 Å². The molecule has 0 saturated carbocycles. The number of rotatable bonds is 8. The number of carbonyl (C=O) groups is 1. The van der Waals surface area contributed by atoms with Crippen molar-refractivity contribution in [2.75, 3.05) is 25.5 Å². The van der Waals surface area contributed by atoms with E-state index in [0.29, 0.717) is 18.9 Å². The van der Waals surface area contributed by atoms with E-state index in [-0.39, 0.29) is 12.0 Å². The summed E-state index contributed by atoms with van der Waals surface area (Å²) in [5.41, 5.74) is 1.77. The molecule has 0 unspecified atom stereocenters. The van der Waals surface area contributed by atoms with E-state index in [0.717, 1.165) is 41.5 Å². The largest absolute Gasteiger partial charge is 0.494 e. The molecule has 0 bridgehead atoms. The number of aromatic nitrogens is 2. The molecule has 1 aliphatic heterocycles. The predicted octanol–water partition coefficient (Wildman–Crippen LogP) is 2.93. The molecular formula is C19H23N3O3S. The van der Waals surface area contributed by atoms with Gasteiger partial charge in [-0.1, -0.05) is 11.8 Å². The highest BCUT2D eigenvalue weighted by molar-refractivity contribution is 7.99. The van der Waals surface area contributed by atoms with Gasteiger partial charge >= 0.3 is 0 Å². The van der Waals surface area contributed by atoms with Crippen LogP contribution in [-0.2, 0) is 9.53 Å². The molecule has 138 valence electrons. The normalized spacial score (nSPS) is 16.4. The molecule has 1 atom stereocenters. The molecule has 1 amide bonds. The zero-order chi connectivity index (χ0) is 18.2. The van der Waals surface area contributed by atoms with Crippen molar-refractivity contribution in [3.63, 3.8) is 0 Å². The summed E-state index contributed by atoms with van der Waals surface area (Å²) < 4.78 is 10.9. The highest BCUT2D eigenvalue weighted by Crippen LogP contribution is 2.22. The minimum Gasteiger partial charge on any atom is -0.494 e. The van der Waals surface area contributed by atoms with Crippen LogP contribution in [0.4, 0.5) is 0 Å². The van der Waals surface area contributed by atoms with Crippen LogP contribution in [0.1, 0.15) is 19.8 Å². The van der Waals surface area contributed by atoms with Gasteiger partial charge in [-0.15, -0.1) is 10.2 Å². The maximum absolute atomic E-state index is 11.9. The number of carbonyl (C=O) groups excluding carboxylic acids is 1. The number of benzene rings is 1. The van der Waals surface area contributed by atoms with E-state index in [1.807, 2.05) is 43.3 Å². The highest BCUT2D eigenvalue weighted by atomic mass is 32.2. The number of amides is 1. The van der Waals surface area contributed by atoms with Crippen molar-refractivity contribution in [1.29, 1.82) is 0 Å². The lowest BCUT2D eigenvalue weighted by atomic mass is 10.1. The Morgan fingerprint density at radius 2 is 2.12 bits per heavy atom. The van der Waals surface area contributed by atoms with Crippen molar-refractivity contribution in [3.8, 4) is 17.0 Å². The van der Waals surface area contributed by atoms with Gasteiger partial charge in [-0.25, -0.2) is 0 Å². The summed E-state index contributed by atoms with van der Waals surface area (Å²) in [5.74, 6) is 1.15. The first-order valence-corrected chi connectivity index (χ1v) is 9.81. The molecule has 2 aromatic rings. The van der Waals surface area contributed by atoms with Gasteiger partial charge in [0.1, 0.15) is 10.8 Å². The number of nitrogens with zero attached hydrogens (tertiary/aromatic N) is 2. The third-order valence-electron chi connectivity index (χ3n) is 4.00. The van der Waals surface area contributed by atoms with Gasteiger partial charge in [0, 0.05) is 18.7 Å². The Bertz CT molecular complexity index is 701. The van der Waals surface area contributed by atoms with Gasteiger partial charge in [0.15, 0.2) is 0 Å². The van der Waals surface area contributed by atoms with Crippen molar-refractivity contribution in [3.05, 3.63) is 36.4 Å². The monoisotopic (exact) mass is 373 g/mol. The number of hydrogen-bond acceptors (Lipinski definition) is 6. The van der Waals surface area contributed by atoms with Crippen LogP contribution < -0.4 is 10.1 Å². The van der Waals surface area contributed by atoms with E-state index in [4.69, 9.17) is 9.47 Å². The maximum atomic E-state index is 11.9. The second-order valence-electron chi connectivity index (χ2n) is 5.94. The maximum Gasteiger partial charge on any atom is 0.230 e. The second kappa shape index (κ2) is 9.54. The molecule has 1 aromatic carbocycles. The van der Waals surface area contributed by atoms with E-state index in [1.54, 1.807) is 0 Å². The Morgan fingerprint density at radius 1 is 1.27 bits per heavy atom. The number of ether oxygens (including phenoxy) is 2. The fourth-order valence-corrected chi connectivity index (χ4v) is 3.31. The second-order valence-corrected chi connectivity index (χ2v) is 6.94. The number of hydrogen-bond donors (Lipinski definition) is 1. The third-order valence-corrected chi connectivity index (χ3v) is 4.92. The van der Waals surface area contributed by atoms with Crippen LogP contribution in [-0.4, -0.2) is 47.7 Å². The molecule has 0 aliphatic carbocycles. The summed E-state index contributed by atoms with van der Waals surface area (Å²) in [6.45, 7) is 3.98. The summed E-state index contributed by atoms with van der Waals surface area (Å²) in [6, 6.07) is 11.6. The Labute approximate surface area is 157 Å². The summed E-state index contributed by atoms with van der Waals surface area (Å²) >= 11 is 1.38. The summed E-state index contributed by atoms with van der Waals surface area (Å²) in [4.78, 5) is 11.9. The highest BCUT2D eigenvalue weighted by Gasteiger charge is 2.16. The zero-order valence-corrected chi connectivity index (χ0v) is 15.6. The van der Waals surface area contributed by atoms with Gasteiger partial charge in [0.05, 0.1) is 24.2 Å².